The van der Waals surface area contributed by atoms with Gasteiger partial charge in [-0.05, 0) is 38.5 Å². The summed E-state index contributed by atoms with van der Waals surface area (Å²) in [6.45, 7) is 0. The summed E-state index contributed by atoms with van der Waals surface area (Å²) in [5.41, 5.74) is 0. The quantitative estimate of drug-likeness (QED) is 0.519. The van der Waals surface area contributed by atoms with Crippen molar-refractivity contribution in [2.75, 3.05) is 0 Å². The van der Waals surface area contributed by atoms with Gasteiger partial charge in [-0.25, -0.2) is 0 Å². The molecule has 3 aliphatic rings. The first-order chi connectivity index (χ1) is 14.4. The second-order valence-electron chi connectivity index (χ2n) is 9.19. The van der Waals surface area contributed by atoms with E-state index in [1.54, 1.807) is 0 Å². The van der Waals surface area contributed by atoms with Crippen LogP contribution in [-0.2, 0) is 19.2 Å². The van der Waals surface area contributed by atoms with Crippen molar-refractivity contribution in [2.45, 2.75) is 89.1 Å². The van der Waals surface area contributed by atoms with E-state index in [1.807, 2.05) is 0 Å². The zero-order valence-corrected chi connectivity index (χ0v) is 17.5. The van der Waals surface area contributed by atoms with Crippen LogP contribution in [0.5, 0.6) is 0 Å². The van der Waals surface area contributed by atoms with Crippen molar-refractivity contribution in [3.8, 4) is 0 Å². The van der Waals surface area contributed by atoms with E-state index in [0.717, 1.165) is 51.4 Å². The lowest BCUT2D eigenvalue weighted by Crippen LogP contribution is -2.56. The van der Waals surface area contributed by atoms with Gasteiger partial charge in [-0.15, -0.1) is 0 Å². The van der Waals surface area contributed by atoms with Gasteiger partial charge < -0.3 is 20.8 Å². The highest BCUT2D eigenvalue weighted by Crippen LogP contribution is 2.32. The van der Waals surface area contributed by atoms with Gasteiger partial charge in [-0.1, -0.05) is 38.5 Å². The van der Waals surface area contributed by atoms with Crippen LogP contribution in [0.1, 0.15) is 77.0 Å². The Morgan fingerprint density at radius 2 is 0.800 bits per heavy atom. The first-order valence-electron chi connectivity index (χ1n) is 11.4. The van der Waals surface area contributed by atoms with Crippen LogP contribution in [0, 0.1) is 23.7 Å². The summed E-state index contributed by atoms with van der Waals surface area (Å²) < 4.78 is 0. The van der Waals surface area contributed by atoms with Crippen molar-refractivity contribution in [3.05, 3.63) is 0 Å². The summed E-state index contributed by atoms with van der Waals surface area (Å²) in [7, 11) is 0. The highest BCUT2D eigenvalue weighted by atomic mass is 16.4. The van der Waals surface area contributed by atoms with Gasteiger partial charge in [0.05, 0.1) is 23.7 Å². The van der Waals surface area contributed by atoms with E-state index >= 15 is 0 Å². The molecule has 3 saturated carbocycles. The molecule has 0 aromatic carbocycles. The Hall–Kier alpha value is -2.12. The Bertz CT molecular complexity index is 610. The molecule has 2 amide bonds. The number of nitrogens with one attached hydrogen (secondary N) is 2. The second kappa shape index (κ2) is 10.3. The number of hydrogen-bond donors (Lipinski definition) is 4. The fourth-order valence-electron chi connectivity index (χ4n) is 5.54. The topological polar surface area (TPSA) is 133 Å². The third-order valence-corrected chi connectivity index (χ3v) is 7.26. The molecule has 30 heavy (non-hydrogen) atoms. The number of hydrogen-bond acceptors (Lipinski definition) is 4. The first-order valence-corrected chi connectivity index (χ1v) is 11.4. The smallest absolute Gasteiger partial charge is 0.307 e. The molecule has 0 heterocycles. The van der Waals surface area contributed by atoms with E-state index in [0.29, 0.717) is 25.7 Å². The van der Waals surface area contributed by atoms with Gasteiger partial charge in [0.1, 0.15) is 0 Å². The maximum Gasteiger partial charge on any atom is 0.307 e. The van der Waals surface area contributed by atoms with E-state index in [2.05, 4.69) is 10.6 Å². The van der Waals surface area contributed by atoms with Crippen LogP contribution in [0.4, 0.5) is 0 Å². The molecule has 4 N–H and O–H groups in total. The molecule has 0 aromatic rings. The number of carboxylic acids is 2. The van der Waals surface area contributed by atoms with Crippen molar-refractivity contribution in [1.29, 1.82) is 0 Å². The molecule has 3 rings (SSSR count). The zero-order valence-electron chi connectivity index (χ0n) is 17.5. The van der Waals surface area contributed by atoms with Crippen LogP contribution in [0.15, 0.2) is 0 Å². The van der Waals surface area contributed by atoms with Gasteiger partial charge in [0, 0.05) is 12.1 Å². The normalized spacial score (nSPS) is 34.5. The summed E-state index contributed by atoms with van der Waals surface area (Å²) in [6, 6.07) is -0.475. The summed E-state index contributed by atoms with van der Waals surface area (Å²) in [5, 5.41) is 25.0. The van der Waals surface area contributed by atoms with Crippen LogP contribution < -0.4 is 10.6 Å². The highest BCUT2D eigenvalue weighted by Gasteiger charge is 2.40. The van der Waals surface area contributed by atoms with Gasteiger partial charge in [0.15, 0.2) is 0 Å². The Morgan fingerprint density at radius 1 is 0.500 bits per heavy atom. The molecular weight excluding hydrogens is 388 g/mol. The summed E-state index contributed by atoms with van der Waals surface area (Å²) in [5.74, 6) is -4.62. The minimum Gasteiger partial charge on any atom is -0.481 e. The molecule has 168 valence electrons. The Kier molecular flexibility index (Phi) is 7.72. The van der Waals surface area contributed by atoms with E-state index in [4.69, 9.17) is 0 Å². The first kappa shape index (κ1) is 22.6. The fraction of sp³-hybridized carbons (Fsp3) is 0.818. The monoisotopic (exact) mass is 422 g/mol. The average molecular weight is 423 g/mol. The number of amides is 2. The maximum absolute atomic E-state index is 12.9. The van der Waals surface area contributed by atoms with Gasteiger partial charge in [0.2, 0.25) is 11.8 Å². The Balaban J connectivity index is 1.63. The number of aliphatic carboxylic acids is 2. The molecule has 0 radical (unpaired) electrons. The molecule has 0 spiro atoms. The average Bonchev–Trinajstić information content (AvgIpc) is 2.75. The van der Waals surface area contributed by atoms with Crippen molar-refractivity contribution < 1.29 is 29.4 Å². The molecule has 0 aromatic heterocycles. The standard InChI is InChI=1S/C22H34N2O6/c25-19(13-7-1-3-9-15(13)21(27)28)23-17-11-5-6-12-18(17)24-20(26)14-8-2-4-10-16(14)22(29)30/h13-18H,1-12H2,(H,23,25)(H,24,26)(H,27,28)(H,29,30)/t13-,14-,15-,16+,17-,18+/m0/s1. The zero-order chi connectivity index (χ0) is 21.7. The molecule has 8 heteroatoms. The summed E-state index contributed by atoms with van der Waals surface area (Å²) in [6.07, 6.45) is 8.90. The van der Waals surface area contributed by atoms with Crippen LogP contribution in [0.25, 0.3) is 0 Å². The minimum atomic E-state index is -0.916. The van der Waals surface area contributed by atoms with Gasteiger partial charge in [-0.2, -0.15) is 0 Å². The number of rotatable bonds is 6. The van der Waals surface area contributed by atoms with Crippen molar-refractivity contribution in [3.63, 3.8) is 0 Å². The summed E-state index contributed by atoms with van der Waals surface area (Å²) >= 11 is 0. The highest BCUT2D eigenvalue weighted by molar-refractivity contribution is 5.86. The van der Waals surface area contributed by atoms with Gasteiger partial charge >= 0.3 is 11.9 Å². The van der Waals surface area contributed by atoms with Crippen LogP contribution in [-0.4, -0.2) is 46.0 Å². The van der Waals surface area contributed by atoms with Crippen molar-refractivity contribution in [1.82, 2.24) is 10.6 Å². The lowest BCUT2D eigenvalue weighted by molar-refractivity contribution is -0.149. The van der Waals surface area contributed by atoms with Gasteiger partial charge in [0.25, 0.3) is 0 Å². The predicted molar refractivity (Wildman–Crippen MR) is 108 cm³/mol. The number of carbonyl (C=O) groups is 4. The SMILES string of the molecule is O=C(O)[C@H]1CCCC[C@@H]1C(=O)N[C@H]1CCCC[C@H]1NC(=O)[C@H]1CCCC[C@H]1C(=O)O. The molecule has 3 aliphatic carbocycles. The molecule has 0 aliphatic heterocycles. The molecule has 0 unspecified atom stereocenters. The molecular formula is C22H34N2O6. The van der Waals surface area contributed by atoms with Crippen LogP contribution in [0.2, 0.25) is 0 Å². The summed E-state index contributed by atoms with van der Waals surface area (Å²) in [4.78, 5) is 48.9. The maximum atomic E-state index is 12.9. The lowest BCUT2D eigenvalue weighted by Gasteiger charge is -2.37. The van der Waals surface area contributed by atoms with Crippen molar-refractivity contribution >= 4 is 23.8 Å². The lowest BCUT2D eigenvalue weighted by atomic mass is 9.77. The largest absolute Gasteiger partial charge is 0.481 e. The van der Waals surface area contributed by atoms with Crippen molar-refractivity contribution in [2.24, 2.45) is 23.7 Å². The second-order valence-corrected chi connectivity index (χ2v) is 9.19. The fourth-order valence-corrected chi connectivity index (χ4v) is 5.54. The molecule has 8 nitrogen and oxygen atoms in total. The molecule has 0 saturated heterocycles. The van der Waals surface area contributed by atoms with E-state index in [1.165, 1.54) is 0 Å². The van der Waals surface area contributed by atoms with Crippen LogP contribution >= 0.6 is 0 Å². The molecule has 0 bridgehead atoms. The third-order valence-electron chi connectivity index (χ3n) is 7.26. The Labute approximate surface area is 177 Å². The van der Waals surface area contributed by atoms with Gasteiger partial charge in [-0.3, -0.25) is 19.2 Å². The molecule has 3 fully saturated rings. The number of carboxylic acid groups (broad SMARTS) is 2. The number of carbonyl (C=O) groups excluding carboxylic acids is 2. The Morgan fingerprint density at radius 3 is 1.13 bits per heavy atom. The molecule has 6 atom stereocenters. The van der Waals surface area contributed by atoms with E-state index in [9.17, 15) is 29.4 Å². The predicted octanol–water partition coefficient (Wildman–Crippen LogP) is 2.31. The minimum absolute atomic E-state index is 0.227. The van der Waals surface area contributed by atoms with E-state index in [-0.39, 0.29) is 23.9 Å². The van der Waals surface area contributed by atoms with E-state index < -0.39 is 35.6 Å². The van der Waals surface area contributed by atoms with Crippen LogP contribution in [0.3, 0.4) is 0 Å². The third kappa shape index (κ3) is 5.32.